The summed E-state index contributed by atoms with van der Waals surface area (Å²) in [6, 6.07) is 4.41. The van der Waals surface area contributed by atoms with Crippen LogP contribution in [0, 0.1) is 16.7 Å². The highest BCUT2D eigenvalue weighted by atomic mass is 16.6. The van der Waals surface area contributed by atoms with Gasteiger partial charge >= 0.3 is 6.09 Å². The van der Waals surface area contributed by atoms with Crippen molar-refractivity contribution < 1.29 is 38.3 Å². The van der Waals surface area contributed by atoms with Crippen molar-refractivity contribution in [2.24, 2.45) is 16.7 Å². The Kier molecular flexibility index (Phi) is 15.8. The molecule has 290 valence electrons. The first-order valence-corrected chi connectivity index (χ1v) is 18.0. The lowest BCUT2D eigenvalue weighted by atomic mass is 9.85. The highest BCUT2D eigenvalue weighted by molar-refractivity contribution is 6.38. The number of amides is 6. The maximum absolute atomic E-state index is 14.1. The van der Waals surface area contributed by atoms with Gasteiger partial charge in [0.15, 0.2) is 0 Å². The third kappa shape index (κ3) is 12.6. The van der Waals surface area contributed by atoms with Crippen LogP contribution in [0.3, 0.4) is 0 Å². The summed E-state index contributed by atoms with van der Waals surface area (Å²) in [6.07, 6.45) is 0.509. The summed E-state index contributed by atoms with van der Waals surface area (Å²) in [6.45, 7) is 16.4. The number of ether oxygens (including phenoxy) is 1. The fraction of sp³-hybridized carbons (Fsp3) is 0.658. The molecule has 6 amide bonds. The molecule has 2 rings (SSSR count). The normalized spacial score (nSPS) is 17.6. The third-order valence-corrected chi connectivity index (χ3v) is 9.15. The topological polar surface area (TPSA) is 183 Å². The van der Waals surface area contributed by atoms with Crippen molar-refractivity contribution in [3.05, 3.63) is 35.9 Å². The van der Waals surface area contributed by atoms with E-state index in [-0.39, 0.29) is 37.3 Å². The number of ketones is 1. The van der Waals surface area contributed by atoms with Crippen LogP contribution in [0.4, 0.5) is 4.79 Å². The van der Waals surface area contributed by atoms with E-state index in [1.807, 2.05) is 34.6 Å². The van der Waals surface area contributed by atoms with Crippen molar-refractivity contribution in [2.45, 2.75) is 118 Å². The number of hydrogen-bond acceptors (Lipinski definition) is 8. The zero-order chi connectivity index (χ0) is 39.6. The molecule has 1 aliphatic rings. The summed E-state index contributed by atoms with van der Waals surface area (Å²) in [5, 5.41) is 10.4. The van der Waals surface area contributed by atoms with Gasteiger partial charge in [-0.2, -0.15) is 0 Å². The number of likely N-dealkylation sites (N-methyl/N-ethyl adjacent to an activating group) is 1. The zero-order valence-corrected chi connectivity index (χ0v) is 32.8. The van der Waals surface area contributed by atoms with E-state index in [1.54, 1.807) is 72.1 Å². The molecule has 1 aromatic rings. The smallest absolute Gasteiger partial charge is 0.408 e. The molecule has 0 aromatic heterocycles. The minimum atomic E-state index is -1.22. The highest BCUT2D eigenvalue weighted by Gasteiger charge is 2.48. The van der Waals surface area contributed by atoms with E-state index in [1.165, 1.54) is 9.80 Å². The molecule has 1 heterocycles. The lowest BCUT2D eigenvalue weighted by Gasteiger charge is -2.36. The highest BCUT2D eigenvalue weighted by Crippen LogP contribution is 2.36. The van der Waals surface area contributed by atoms with E-state index in [0.29, 0.717) is 18.4 Å². The Morgan fingerprint density at radius 3 is 2.12 bits per heavy atom. The number of carbonyl (C=O) groups excluding carboxylic acids is 7. The van der Waals surface area contributed by atoms with Crippen molar-refractivity contribution in [1.82, 2.24) is 31.1 Å². The van der Waals surface area contributed by atoms with Gasteiger partial charge in [-0.05, 0) is 42.1 Å². The van der Waals surface area contributed by atoms with Gasteiger partial charge in [0.25, 0.3) is 5.91 Å². The van der Waals surface area contributed by atoms with Crippen molar-refractivity contribution in [1.29, 1.82) is 0 Å². The molecule has 0 aliphatic carbocycles. The minimum absolute atomic E-state index is 0.0651. The molecule has 4 N–H and O–H groups in total. The molecule has 1 saturated heterocycles. The number of carbonyl (C=O) groups is 7. The van der Waals surface area contributed by atoms with E-state index < -0.39 is 77.0 Å². The Balaban J connectivity index is 2.21. The minimum Gasteiger partial charge on any atom is -0.446 e. The molecule has 0 radical (unpaired) electrons. The van der Waals surface area contributed by atoms with Crippen LogP contribution in [-0.2, 0) is 33.5 Å². The number of benzene rings is 1. The molecule has 52 heavy (non-hydrogen) atoms. The van der Waals surface area contributed by atoms with Crippen molar-refractivity contribution in [3.8, 4) is 0 Å². The molecule has 5 atom stereocenters. The van der Waals surface area contributed by atoms with Crippen molar-refractivity contribution in [3.63, 3.8) is 0 Å². The van der Waals surface area contributed by atoms with Gasteiger partial charge in [0.2, 0.25) is 29.4 Å². The largest absolute Gasteiger partial charge is 0.446 e. The van der Waals surface area contributed by atoms with Crippen LogP contribution >= 0.6 is 0 Å². The van der Waals surface area contributed by atoms with E-state index >= 15 is 0 Å². The van der Waals surface area contributed by atoms with Gasteiger partial charge in [0.05, 0.1) is 12.6 Å². The van der Waals surface area contributed by atoms with Crippen LogP contribution in [0.5, 0.6) is 0 Å². The summed E-state index contributed by atoms with van der Waals surface area (Å²) in [5.74, 6) is -4.08. The van der Waals surface area contributed by atoms with E-state index in [2.05, 4.69) is 21.3 Å². The Hall–Kier alpha value is -4.49. The average molecular weight is 729 g/mol. The SMILES string of the molecule is CCCCC(NC(=O)C1CC(C)(C)CN1C(=O)C(NC(=O)OC(C)C(C)C)C(C)(C)C)C(=O)C(=O)NCC(=O)NC(C(=O)N(C)C)c1ccccc1. The van der Waals surface area contributed by atoms with Crippen molar-refractivity contribution >= 4 is 41.4 Å². The number of alkyl carbamates (subject to hydrolysis) is 1. The van der Waals surface area contributed by atoms with Crippen LogP contribution in [0.25, 0.3) is 0 Å². The fourth-order valence-corrected chi connectivity index (χ4v) is 5.76. The van der Waals surface area contributed by atoms with Crippen molar-refractivity contribution in [2.75, 3.05) is 27.2 Å². The molecular weight excluding hydrogens is 668 g/mol. The Morgan fingerprint density at radius 2 is 1.58 bits per heavy atom. The number of likely N-dealkylation sites (tertiary alicyclic amines) is 1. The molecule has 14 nitrogen and oxygen atoms in total. The average Bonchev–Trinajstić information content (AvgIpc) is 3.40. The van der Waals surface area contributed by atoms with Crippen LogP contribution in [-0.4, -0.2) is 103 Å². The first-order chi connectivity index (χ1) is 24.1. The Morgan fingerprint density at radius 1 is 0.962 bits per heavy atom. The number of unbranched alkanes of at least 4 members (excludes halogenated alkanes) is 1. The van der Waals surface area contributed by atoms with Crippen LogP contribution in [0.15, 0.2) is 30.3 Å². The molecule has 5 unspecified atom stereocenters. The lowest BCUT2D eigenvalue weighted by molar-refractivity contribution is -0.144. The monoisotopic (exact) mass is 728 g/mol. The molecule has 1 fully saturated rings. The second-order valence-electron chi connectivity index (χ2n) is 16.0. The summed E-state index contributed by atoms with van der Waals surface area (Å²) < 4.78 is 5.48. The van der Waals surface area contributed by atoms with Gasteiger partial charge < -0.3 is 35.8 Å². The molecule has 1 aromatic carbocycles. The molecule has 0 saturated carbocycles. The lowest BCUT2D eigenvalue weighted by Crippen LogP contribution is -2.59. The van der Waals surface area contributed by atoms with Gasteiger partial charge in [0, 0.05) is 20.6 Å². The van der Waals surface area contributed by atoms with Gasteiger partial charge in [-0.1, -0.05) is 98.6 Å². The summed E-state index contributed by atoms with van der Waals surface area (Å²) in [5.41, 5.74) is -0.658. The fourth-order valence-electron chi connectivity index (χ4n) is 5.76. The number of Topliss-reactive ketones (excluding diaryl/α,β-unsaturated/α-hetero) is 1. The van der Waals surface area contributed by atoms with E-state index in [0.717, 1.165) is 0 Å². The molecule has 0 bridgehead atoms. The second kappa shape index (κ2) is 18.8. The van der Waals surface area contributed by atoms with Crippen LogP contribution in [0.1, 0.15) is 99.6 Å². The summed E-state index contributed by atoms with van der Waals surface area (Å²) in [7, 11) is 3.12. The van der Waals surface area contributed by atoms with Gasteiger partial charge in [-0.3, -0.25) is 28.8 Å². The predicted octanol–water partition coefficient (Wildman–Crippen LogP) is 3.10. The Bertz CT molecular complexity index is 1440. The molecule has 1 aliphatic heterocycles. The van der Waals surface area contributed by atoms with E-state index in [4.69, 9.17) is 4.74 Å². The quantitative estimate of drug-likeness (QED) is 0.187. The zero-order valence-electron chi connectivity index (χ0n) is 32.8. The third-order valence-electron chi connectivity index (χ3n) is 9.15. The second-order valence-corrected chi connectivity index (χ2v) is 16.0. The molecule has 0 spiro atoms. The first-order valence-electron chi connectivity index (χ1n) is 18.0. The number of hydrogen-bond donors (Lipinski definition) is 4. The van der Waals surface area contributed by atoms with Crippen LogP contribution in [0.2, 0.25) is 0 Å². The maximum Gasteiger partial charge on any atom is 0.408 e. The number of nitrogens with one attached hydrogen (secondary N) is 4. The Labute approximate surface area is 308 Å². The van der Waals surface area contributed by atoms with Gasteiger partial charge in [-0.15, -0.1) is 0 Å². The summed E-state index contributed by atoms with van der Waals surface area (Å²) in [4.78, 5) is 95.8. The first kappa shape index (κ1) is 43.7. The van der Waals surface area contributed by atoms with Crippen LogP contribution < -0.4 is 21.3 Å². The molecular formula is C38H60N6O8. The van der Waals surface area contributed by atoms with Gasteiger partial charge in [-0.25, -0.2) is 4.79 Å². The summed E-state index contributed by atoms with van der Waals surface area (Å²) >= 11 is 0. The predicted molar refractivity (Wildman–Crippen MR) is 197 cm³/mol. The number of nitrogens with zero attached hydrogens (tertiary/aromatic N) is 2. The standard InChI is InChI=1S/C38H60N6O8/c1-12-13-19-26(30(46)33(48)39-21-28(45)41-29(34(49)43(10)11)25-17-15-14-16-18-25)40-32(47)27-20-38(8,9)22-44(27)35(50)31(37(5,6)7)42-36(51)52-24(4)23(2)3/h14-18,23-24,26-27,29,31H,12-13,19-22H2,1-11H3,(H,39,48)(H,40,47)(H,41,45)(H,42,51). The number of rotatable bonds is 16. The van der Waals surface area contributed by atoms with Gasteiger partial charge in [0.1, 0.15) is 24.2 Å². The van der Waals surface area contributed by atoms with E-state index in [9.17, 15) is 33.6 Å². The maximum atomic E-state index is 14.1. The molecule has 14 heteroatoms.